The van der Waals surface area contributed by atoms with Crippen molar-refractivity contribution in [3.05, 3.63) is 432 Å². The van der Waals surface area contributed by atoms with Gasteiger partial charge in [-0.25, -0.2) is 44.9 Å². The van der Waals surface area contributed by atoms with Crippen LogP contribution in [0.25, 0.3) is 241 Å². The Morgan fingerprint density at radius 3 is 0.918 bits per heavy atom. The smallest absolute Gasteiger partial charge is 0.182 e. The van der Waals surface area contributed by atoms with Gasteiger partial charge in [-0.15, -0.1) is 0 Å². The summed E-state index contributed by atoms with van der Waals surface area (Å²) in [4.78, 5) is 54.6. The van der Waals surface area contributed by atoms with Crippen molar-refractivity contribution < 1.29 is 17.7 Å². The molecule has 0 radical (unpaired) electrons. The van der Waals surface area contributed by atoms with E-state index in [1.807, 2.05) is 122 Å². The fourth-order valence-electron chi connectivity index (χ4n) is 23.8. The summed E-state index contributed by atoms with van der Waals surface area (Å²) in [5.41, 5.74) is 38.6. The highest BCUT2D eigenvalue weighted by molar-refractivity contribution is 6.15. The van der Waals surface area contributed by atoms with Crippen LogP contribution in [0.5, 0.6) is 0 Å². The Morgan fingerprint density at radius 2 is 0.521 bits per heavy atom. The van der Waals surface area contributed by atoms with Crippen molar-refractivity contribution in [1.82, 2.24) is 54.8 Å². The van der Waals surface area contributed by atoms with E-state index in [1.165, 1.54) is 111 Å². The molecule has 15 heteroatoms. The third-order valence-electron chi connectivity index (χ3n) is 31.3. The molecule has 9 aromatic heterocycles. The second-order valence-corrected chi connectivity index (χ2v) is 41.4. The Morgan fingerprint density at radius 1 is 0.219 bits per heavy atom. The first-order valence-electron chi connectivity index (χ1n) is 49.8. The van der Waals surface area contributed by atoms with Gasteiger partial charge < -0.3 is 17.7 Å². The van der Waals surface area contributed by atoms with Crippen molar-refractivity contribution in [2.24, 2.45) is 0 Å². The van der Waals surface area contributed by atoms with Crippen molar-refractivity contribution in [3.63, 3.8) is 0 Å². The Kier molecular flexibility index (Phi) is 19.4. The standard InChI is InChI=1S/C51H35N3O2.C45H36N4O.C35H24N4O/c1-50(2)39-20-8-5-13-29(39)31-24-23-28(25-41(31)50)47-52-48(35-18-11-16-33-32-15-7-10-22-43(32)55-45(33)35)54-49(53-47)36-19-12-17-34-38-26-37-30-14-6-9-21-40(30)51(3,4)42(37)27-44(38)56-46(34)36;1-7-14-27-29-21-20-26(23-36(29)44(3,4)34(27)8-2)41-47-42(49-43(48-41)38-19-11-12-22-46-38)31-17-13-16-30-33-24-32-28-15-9-10-18-35(28)45(5,6)37(32)25-39(33)50-40(30)31;1-35(2)27-16-7-6-13-22(27)25-19-26-23-14-10-15-24(31(23)40-30(26)20-28(25)35)33-37-32(21-11-4-3-5-12-21)38-34(39-33)29-17-8-9-18-36-29/h5-27H,1-4H3;7-25H,2H2,1,3-6H3;3-20H,1-2H3/b;14-7-;. The first-order chi connectivity index (χ1) is 71.0. The van der Waals surface area contributed by atoms with E-state index in [1.54, 1.807) is 12.4 Å². The maximum Gasteiger partial charge on any atom is 0.182 e. The molecule has 0 amide bonds. The predicted molar refractivity (Wildman–Crippen MR) is 588 cm³/mol. The summed E-state index contributed by atoms with van der Waals surface area (Å²) in [7, 11) is 0. The van der Waals surface area contributed by atoms with E-state index >= 15 is 0 Å². The molecular formula is C131H95N11O4. The molecule has 15 nitrogen and oxygen atoms in total. The van der Waals surface area contributed by atoms with Crippen LogP contribution >= 0.6 is 0 Å². The Hall–Kier alpha value is -18.0. The van der Waals surface area contributed by atoms with Gasteiger partial charge in [-0.1, -0.05) is 325 Å². The zero-order chi connectivity index (χ0) is 98.7. The molecule has 9 heterocycles. The van der Waals surface area contributed by atoms with Crippen LogP contribution in [0.1, 0.15) is 132 Å². The van der Waals surface area contributed by atoms with Crippen LogP contribution in [0.15, 0.2) is 394 Å². The Labute approximate surface area is 842 Å². The van der Waals surface area contributed by atoms with Gasteiger partial charge in [0.25, 0.3) is 0 Å². The van der Waals surface area contributed by atoms with E-state index in [4.69, 9.17) is 62.5 Å². The van der Waals surface area contributed by atoms with Crippen molar-refractivity contribution >= 4 is 93.3 Å². The van der Waals surface area contributed by atoms with Crippen LogP contribution < -0.4 is 0 Å². The van der Waals surface area contributed by atoms with Crippen molar-refractivity contribution in [2.75, 3.05) is 0 Å². The molecule has 698 valence electrons. The number of aromatic nitrogens is 11. The molecule has 5 aliphatic carbocycles. The number of rotatable bonds is 11. The molecule has 15 aromatic carbocycles. The second kappa shape index (κ2) is 32.5. The quantitative estimate of drug-likeness (QED) is 0.119. The van der Waals surface area contributed by atoms with Crippen LogP contribution in [0.4, 0.5) is 0 Å². The summed E-state index contributed by atoms with van der Waals surface area (Å²) in [6, 6.07) is 116. The number of para-hydroxylation sites is 5. The molecule has 0 N–H and O–H groups in total. The van der Waals surface area contributed by atoms with Crippen LogP contribution in [0.3, 0.4) is 0 Å². The SMILES string of the molecule is C=CC1=C(/C=C\C)c2ccc(-c3nc(-c4ccccn4)nc(-c4cccc5c4oc4cc6c(cc45)-c4ccccc4C6(C)C)n3)cc2C1(C)C.CC1(C)c2ccccc2-c2cc3c(cc21)oc1c(-c2nc(-c4ccccc4)nc(-c4ccccn4)n2)cccc13.CC1(C)c2ccccc2-c2ccc(-c3nc(-c4cccc5c4oc4ccccc45)nc(-c4cccc5c4oc4cc6c(cc45)-c4ccccc4C6(C)C)n3)cc21. The van der Waals surface area contributed by atoms with Gasteiger partial charge in [-0.2, -0.15) is 0 Å². The van der Waals surface area contributed by atoms with Gasteiger partial charge in [0, 0.05) is 99.2 Å². The van der Waals surface area contributed by atoms with Crippen LogP contribution in [-0.2, 0) is 27.1 Å². The lowest BCUT2D eigenvalue weighted by Crippen LogP contribution is -2.16. The summed E-state index contributed by atoms with van der Waals surface area (Å²) in [5.74, 6) is 4.99. The van der Waals surface area contributed by atoms with Crippen LogP contribution in [-0.4, -0.2) is 54.8 Å². The lowest BCUT2D eigenvalue weighted by molar-refractivity contribution is 0.647. The number of fused-ring (bicyclic) bond motifs is 25. The summed E-state index contributed by atoms with van der Waals surface area (Å²) in [6.45, 7) is 29.0. The van der Waals surface area contributed by atoms with E-state index in [2.05, 4.69) is 322 Å². The molecule has 0 atom stereocenters. The molecule has 0 saturated heterocycles. The second-order valence-electron chi connectivity index (χ2n) is 41.4. The lowest BCUT2D eigenvalue weighted by atomic mass is 9.80. The average Bonchev–Trinajstić information content (AvgIpc) is 1.56. The molecule has 146 heavy (non-hydrogen) atoms. The Balaban J connectivity index is 0.000000110. The number of nitrogens with zero attached hydrogens (tertiary/aromatic N) is 11. The zero-order valence-electron chi connectivity index (χ0n) is 82.4. The lowest BCUT2D eigenvalue weighted by Gasteiger charge is -2.23. The molecule has 5 aliphatic rings. The number of furan rings is 4. The highest BCUT2D eigenvalue weighted by atomic mass is 16.3. The molecule has 0 fully saturated rings. The summed E-state index contributed by atoms with van der Waals surface area (Å²) in [6.07, 6.45) is 9.76. The highest BCUT2D eigenvalue weighted by Gasteiger charge is 2.43. The molecule has 0 saturated carbocycles. The number of allylic oxidation sites excluding steroid dienone is 5. The largest absolute Gasteiger partial charge is 0.455 e. The summed E-state index contributed by atoms with van der Waals surface area (Å²) in [5, 5.41) is 8.43. The molecule has 0 bridgehead atoms. The Bertz CT molecular complexity index is 9720. The first kappa shape index (κ1) is 87.1. The van der Waals surface area contributed by atoms with Gasteiger partial charge in [-0.05, 0) is 221 Å². The number of pyridine rings is 2. The summed E-state index contributed by atoms with van der Waals surface area (Å²) >= 11 is 0. The third-order valence-corrected chi connectivity index (χ3v) is 31.3. The van der Waals surface area contributed by atoms with Gasteiger partial charge in [-0.3, -0.25) is 9.97 Å². The van der Waals surface area contributed by atoms with E-state index in [0.717, 1.165) is 127 Å². The van der Waals surface area contributed by atoms with Gasteiger partial charge in [0.1, 0.15) is 56.1 Å². The van der Waals surface area contributed by atoms with Crippen molar-refractivity contribution in [1.29, 1.82) is 0 Å². The zero-order valence-corrected chi connectivity index (χ0v) is 82.4. The van der Waals surface area contributed by atoms with Crippen LogP contribution in [0, 0.1) is 0 Å². The van der Waals surface area contributed by atoms with Gasteiger partial charge >= 0.3 is 0 Å². The summed E-state index contributed by atoms with van der Waals surface area (Å²) < 4.78 is 26.8. The minimum Gasteiger partial charge on any atom is -0.455 e. The predicted octanol–water partition coefficient (Wildman–Crippen LogP) is 33.0. The molecule has 0 unspecified atom stereocenters. The van der Waals surface area contributed by atoms with E-state index < -0.39 is 0 Å². The highest BCUT2D eigenvalue weighted by Crippen LogP contribution is 2.58. The monoisotopic (exact) mass is 1890 g/mol. The average molecular weight is 1890 g/mol. The van der Waals surface area contributed by atoms with Crippen LogP contribution in [0.2, 0.25) is 0 Å². The molecule has 29 rings (SSSR count). The van der Waals surface area contributed by atoms with Gasteiger partial charge in [0.2, 0.25) is 0 Å². The van der Waals surface area contributed by atoms with Crippen molar-refractivity contribution in [3.8, 4) is 147 Å². The normalized spacial score (nSPS) is 14.7. The molecule has 0 spiro atoms. The first-order valence-corrected chi connectivity index (χ1v) is 49.8. The fraction of sp³-hybridized carbons (Fsp3) is 0.122. The molecule has 24 aromatic rings. The minimum atomic E-state index is -0.225. The van der Waals surface area contributed by atoms with E-state index in [9.17, 15) is 0 Å². The van der Waals surface area contributed by atoms with Crippen molar-refractivity contribution in [2.45, 2.75) is 103 Å². The maximum absolute atomic E-state index is 6.86. The van der Waals surface area contributed by atoms with Gasteiger partial charge in [0.15, 0.2) is 52.4 Å². The molecule has 0 aliphatic heterocycles. The minimum absolute atomic E-state index is 0.0989. The topological polar surface area (TPSA) is 194 Å². The number of hydrogen-bond acceptors (Lipinski definition) is 15. The van der Waals surface area contributed by atoms with Gasteiger partial charge in [0.05, 0.1) is 22.3 Å². The van der Waals surface area contributed by atoms with E-state index in [-0.39, 0.29) is 27.1 Å². The number of benzene rings is 15. The fourth-order valence-corrected chi connectivity index (χ4v) is 23.8. The third kappa shape index (κ3) is 13.4. The number of hydrogen-bond donors (Lipinski definition) is 0. The van der Waals surface area contributed by atoms with E-state index in [0.29, 0.717) is 63.8 Å². The maximum atomic E-state index is 6.86. The molecular weight excluding hydrogens is 1790 g/mol.